The second-order valence-electron chi connectivity index (χ2n) is 5.93. The molecule has 19 heavy (non-hydrogen) atoms. The van der Waals surface area contributed by atoms with E-state index in [0.29, 0.717) is 6.04 Å². The predicted molar refractivity (Wildman–Crippen MR) is 82.0 cm³/mol. The highest BCUT2D eigenvalue weighted by atomic mass is 35.5. The normalized spacial score (nSPS) is 23.7. The molecule has 0 spiro atoms. The molecule has 2 aliphatic rings. The maximum absolute atomic E-state index is 6.43. The molecule has 3 heteroatoms. The molecule has 1 heterocycles. The van der Waals surface area contributed by atoms with Crippen LogP contribution in [0.25, 0.3) is 0 Å². The molecule has 1 saturated carbocycles. The summed E-state index contributed by atoms with van der Waals surface area (Å²) < 4.78 is 0. The minimum absolute atomic E-state index is 0.631. The van der Waals surface area contributed by atoms with Gasteiger partial charge in [-0.25, -0.2) is 0 Å². The molecule has 1 aromatic rings. The van der Waals surface area contributed by atoms with E-state index in [2.05, 4.69) is 29.3 Å². The average Bonchev–Trinajstić information content (AvgIpc) is 3.22. The number of halogens is 1. The molecule has 0 amide bonds. The Kier molecular flexibility index (Phi) is 3.99. The molecule has 104 valence electrons. The smallest absolute Gasteiger partial charge is 0.0471 e. The first-order valence-corrected chi connectivity index (χ1v) is 7.91. The summed E-state index contributed by atoms with van der Waals surface area (Å²) in [5.41, 5.74) is 2.62. The first-order chi connectivity index (χ1) is 9.25. The Morgan fingerprint density at radius 3 is 2.84 bits per heavy atom. The second kappa shape index (κ2) is 5.72. The lowest BCUT2D eigenvalue weighted by atomic mass is 10.0. The zero-order valence-electron chi connectivity index (χ0n) is 11.7. The Balaban J connectivity index is 1.83. The molecule has 1 aliphatic heterocycles. The number of nitrogens with zero attached hydrogens (tertiary/aromatic N) is 1. The molecule has 1 atom stereocenters. The summed E-state index contributed by atoms with van der Waals surface area (Å²) in [6.45, 7) is 4.40. The van der Waals surface area contributed by atoms with Gasteiger partial charge in [0, 0.05) is 41.4 Å². The summed E-state index contributed by atoms with van der Waals surface area (Å²) in [5.74, 6) is 0. The van der Waals surface area contributed by atoms with Gasteiger partial charge in [0.2, 0.25) is 0 Å². The van der Waals surface area contributed by atoms with E-state index in [1.54, 1.807) is 0 Å². The maximum atomic E-state index is 6.43. The van der Waals surface area contributed by atoms with Gasteiger partial charge in [-0.3, -0.25) is 0 Å². The van der Waals surface area contributed by atoms with E-state index >= 15 is 0 Å². The lowest BCUT2D eigenvalue weighted by molar-refractivity contribution is 0.483. The van der Waals surface area contributed by atoms with Crippen molar-refractivity contribution < 1.29 is 0 Å². The fourth-order valence-corrected chi connectivity index (χ4v) is 3.22. The van der Waals surface area contributed by atoms with E-state index in [9.17, 15) is 0 Å². The summed E-state index contributed by atoms with van der Waals surface area (Å²) in [4.78, 5) is 2.54. The van der Waals surface area contributed by atoms with Crippen LogP contribution in [0.15, 0.2) is 18.2 Å². The van der Waals surface area contributed by atoms with Gasteiger partial charge in [-0.05, 0) is 51.2 Å². The number of anilines is 1. The van der Waals surface area contributed by atoms with E-state index in [4.69, 9.17) is 11.6 Å². The third-order valence-corrected chi connectivity index (χ3v) is 4.71. The number of piperidine rings is 1. The monoisotopic (exact) mass is 278 g/mol. The van der Waals surface area contributed by atoms with E-state index in [1.807, 2.05) is 6.07 Å². The van der Waals surface area contributed by atoms with Crippen molar-refractivity contribution in [3.63, 3.8) is 0 Å². The molecule has 3 rings (SSSR count). The third kappa shape index (κ3) is 3.06. The van der Waals surface area contributed by atoms with Crippen molar-refractivity contribution in [2.75, 3.05) is 11.4 Å². The molecule has 1 aliphatic carbocycles. The SMILES string of the molecule is CC1CCCCN1c1cccc(Cl)c1CNC1CC1. The zero-order valence-corrected chi connectivity index (χ0v) is 12.4. The predicted octanol–water partition coefficient (Wildman–Crippen LogP) is 3.97. The van der Waals surface area contributed by atoms with E-state index in [-0.39, 0.29) is 0 Å². The van der Waals surface area contributed by atoms with Crippen LogP contribution in [0.4, 0.5) is 5.69 Å². The van der Waals surface area contributed by atoms with Gasteiger partial charge >= 0.3 is 0 Å². The first-order valence-electron chi connectivity index (χ1n) is 7.53. The molecular formula is C16H23ClN2. The Labute approximate surface area is 121 Å². The molecular weight excluding hydrogens is 256 g/mol. The fourth-order valence-electron chi connectivity index (χ4n) is 2.98. The summed E-state index contributed by atoms with van der Waals surface area (Å²) >= 11 is 6.43. The third-order valence-electron chi connectivity index (χ3n) is 4.35. The standard InChI is InChI=1S/C16H23ClN2/c1-12-5-2-3-10-19(12)16-7-4-6-15(17)14(16)11-18-13-8-9-13/h4,6-7,12-13,18H,2-3,5,8-11H2,1H3. The lowest BCUT2D eigenvalue weighted by Crippen LogP contribution is -2.38. The van der Waals surface area contributed by atoms with E-state index < -0.39 is 0 Å². The maximum Gasteiger partial charge on any atom is 0.0471 e. The van der Waals surface area contributed by atoms with Crippen LogP contribution < -0.4 is 10.2 Å². The molecule has 2 nitrogen and oxygen atoms in total. The van der Waals surface area contributed by atoms with Gasteiger partial charge in [-0.15, -0.1) is 0 Å². The molecule has 1 aromatic carbocycles. The van der Waals surface area contributed by atoms with Gasteiger partial charge in [0.1, 0.15) is 0 Å². The molecule has 1 saturated heterocycles. The van der Waals surface area contributed by atoms with Gasteiger partial charge in [0.25, 0.3) is 0 Å². The molecule has 0 bridgehead atoms. The van der Waals surface area contributed by atoms with Gasteiger partial charge in [0.05, 0.1) is 0 Å². The van der Waals surface area contributed by atoms with Gasteiger partial charge in [-0.1, -0.05) is 17.7 Å². The van der Waals surface area contributed by atoms with Crippen LogP contribution in [0, 0.1) is 0 Å². The van der Waals surface area contributed by atoms with Crippen molar-refractivity contribution >= 4 is 17.3 Å². The first kappa shape index (κ1) is 13.3. The van der Waals surface area contributed by atoms with Crippen LogP contribution in [0.5, 0.6) is 0 Å². The molecule has 2 fully saturated rings. The van der Waals surface area contributed by atoms with Crippen molar-refractivity contribution in [1.29, 1.82) is 0 Å². The highest BCUT2D eigenvalue weighted by Crippen LogP contribution is 2.32. The van der Waals surface area contributed by atoms with Crippen LogP contribution in [-0.2, 0) is 6.54 Å². The van der Waals surface area contributed by atoms with Crippen LogP contribution >= 0.6 is 11.6 Å². The zero-order chi connectivity index (χ0) is 13.2. The number of nitrogens with one attached hydrogen (secondary N) is 1. The number of hydrogen-bond donors (Lipinski definition) is 1. The van der Waals surface area contributed by atoms with Crippen LogP contribution in [0.2, 0.25) is 5.02 Å². The summed E-state index contributed by atoms with van der Waals surface area (Å²) in [6.07, 6.45) is 6.59. The Hall–Kier alpha value is -0.730. The largest absolute Gasteiger partial charge is 0.369 e. The average molecular weight is 279 g/mol. The van der Waals surface area contributed by atoms with Crippen molar-refractivity contribution in [2.45, 2.75) is 57.7 Å². The van der Waals surface area contributed by atoms with Crippen molar-refractivity contribution in [1.82, 2.24) is 5.32 Å². The van der Waals surface area contributed by atoms with Crippen molar-refractivity contribution in [3.8, 4) is 0 Å². The fraction of sp³-hybridized carbons (Fsp3) is 0.625. The van der Waals surface area contributed by atoms with Crippen LogP contribution in [0.1, 0.15) is 44.6 Å². The highest BCUT2D eigenvalue weighted by Gasteiger charge is 2.24. The molecule has 0 radical (unpaired) electrons. The van der Waals surface area contributed by atoms with Gasteiger partial charge in [-0.2, -0.15) is 0 Å². The quantitative estimate of drug-likeness (QED) is 0.896. The number of rotatable bonds is 4. The Morgan fingerprint density at radius 2 is 2.11 bits per heavy atom. The lowest BCUT2D eigenvalue weighted by Gasteiger charge is -2.37. The Morgan fingerprint density at radius 1 is 1.26 bits per heavy atom. The minimum atomic E-state index is 0.631. The van der Waals surface area contributed by atoms with Crippen LogP contribution in [-0.4, -0.2) is 18.6 Å². The highest BCUT2D eigenvalue weighted by molar-refractivity contribution is 6.31. The summed E-state index contributed by atoms with van der Waals surface area (Å²) in [5, 5.41) is 4.50. The molecule has 1 unspecified atom stereocenters. The topological polar surface area (TPSA) is 15.3 Å². The van der Waals surface area contributed by atoms with E-state index in [1.165, 1.54) is 43.4 Å². The van der Waals surface area contributed by atoms with Crippen molar-refractivity contribution in [2.24, 2.45) is 0 Å². The summed E-state index contributed by atoms with van der Waals surface area (Å²) in [7, 11) is 0. The molecule has 0 aromatic heterocycles. The molecule has 1 N–H and O–H groups in total. The number of hydrogen-bond acceptors (Lipinski definition) is 2. The Bertz CT molecular complexity index is 442. The van der Waals surface area contributed by atoms with Crippen molar-refractivity contribution in [3.05, 3.63) is 28.8 Å². The van der Waals surface area contributed by atoms with Gasteiger partial charge in [0.15, 0.2) is 0 Å². The van der Waals surface area contributed by atoms with Crippen LogP contribution in [0.3, 0.4) is 0 Å². The van der Waals surface area contributed by atoms with E-state index in [0.717, 1.165) is 24.2 Å². The second-order valence-corrected chi connectivity index (χ2v) is 6.34. The number of benzene rings is 1. The summed E-state index contributed by atoms with van der Waals surface area (Å²) in [6, 6.07) is 7.69. The van der Waals surface area contributed by atoms with Gasteiger partial charge < -0.3 is 10.2 Å². The minimum Gasteiger partial charge on any atom is -0.369 e.